The summed E-state index contributed by atoms with van der Waals surface area (Å²) in [6, 6.07) is -0.128. The lowest BCUT2D eigenvalue weighted by Gasteiger charge is -2.26. The Labute approximate surface area is 192 Å². The fourth-order valence-corrected chi connectivity index (χ4v) is 5.07. The topological polar surface area (TPSA) is 110 Å². The first kappa shape index (κ1) is 23.5. The van der Waals surface area contributed by atoms with Crippen LogP contribution in [-0.4, -0.2) is 47.9 Å². The number of carboxylic acids is 1. The number of nitrogens with one attached hydrogen (secondary N) is 1. The zero-order chi connectivity index (χ0) is 22.7. The number of anilines is 2. The van der Waals surface area contributed by atoms with Crippen molar-refractivity contribution in [3.8, 4) is 5.75 Å². The monoisotopic (exact) mass is 488 g/mol. The van der Waals surface area contributed by atoms with Crippen molar-refractivity contribution in [3.63, 3.8) is 0 Å². The Kier molecular flexibility index (Phi) is 6.12. The Hall–Kier alpha value is -2.66. The van der Waals surface area contributed by atoms with Gasteiger partial charge in [-0.3, -0.25) is 4.79 Å². The fourth-order valence-electron chi connectivity index (χ4n) is 5.07. The van der Waals surface area contributed by atoms with Crippen molar-refractivity contribution in [1.29, 1.82) is 0 Å². The Morgan fingerprint density at radius 3 is 2.61 bits per heavy atom. The summed E-state index contributed by atoms with van der Waals surface area (Å²) in [4.78, 5) is 26.2. The highest BCUT2D eigenvalue weighted by Crippen LogP contribution is 2.47. The van der Waals surface area contributed by atoms with E-state index in [0.29, 0.717) is 25.9 Å². The van der Waals surface area contributed by atoms with Gasteiger partial charge in [0.25, 0.3) is 0 Å². The number of benzene rings is 1. The van der Waals surface area contributed by atoms with Crippen LogP contribution >= 0.6 is 12.4 Å². The van der Waals surface area contributed by atoms with E-state index < -0.39 is 46.2 Å². The number of pyridine rings is 1. The van der Waals surface area contributed by atoms with Gasteiger partial charge < -0.3 is 30.4 Å². The highest BCUT2D eigenvalue weighted by Gasteiger charge is 2.39. The first-order chi connectivity index (χ1) is 15.3. The van der Waals surface area contributed by atoms with Crippen molar-refractivity contribution in [1.82, 2.24) is 9.88 Å². The van der Waals surface area contributed by atoms with Crippen molar-refractivity contribution < 1.29 is 27.8 Å². The molecular weight excluding hydrogens is 465 g/mol. The lowest BCUT2D eigenvalue weighted by Crippen LogP contribution is -2.40. The normalized spacial score (nSPS) is 22.4. The quantitative estimate of drug-likeness (QED) is 0.555. The number of hydrogen-bond donors (Lipinski definition) is 3. The summed E-state index contributed by atoms with van der Waals surface area (Å²) in [7, 11) is 0. The second-order valence-corrected chi connectivity index (χ2v) is 8.69. The van der Waals surface area contributed by atoms with Crippen LogP contribution in [0.25, 0.3) is 10.9 Å². The maximum Gasteiger partial charge on any atom is 0.387 e. The van der Waals surface area contributed by atoms with Gasteiger partial charge >= 0.3 is 12.6 Å². The molecule has 2 aromatic rings. The molecule has 5 rings (SSSR count). The summed E-state index contributed by atoms with van der Waals surface area (Å²) in [5.41, 5.74) is 3.56. The molecule has 0 amide bonds. The Balaban J connectivity index is 0.00000259. The molecule has 33 heavy (non-hydrogen) atoms. The van der Waals surface area contributed by atoms with Gasteiger partial charge in [-0.2, -0.15) is 8.78 Å². The molecule has 0 radical (unpaired) electrons. The SMILES string of the molecule is Cl.Nc1c(F)c(N2C[C@@H]3CCCN[C@@H]3C2)c(OC(F)F)c2c1c(=O)c(C(=O)O)cn2C1CC1. The number of fused-ring (bicyclic) bond motifs is 2. The number of alkyl halides is 2. The lowest BCUT2D eigenvalue weighted by atomic mass is 9.94. The molecule has 4 N–H and O–H groups in total. The number of aromatic nitrogens is 1. The number of carbonyl (C=O) groups is 1. The minimum Gasteiger partial charge on any atom is -0.477 e. The molecule has 0 unspecified atom stereocenters. The van der Waals surface area contributed by atoms with Gasteiger partial charge in [0.15, 0.2) is 11.6 Å². The minimum absolute atomic E-state index is 0. The zero-order valence-corrected chi connectivity index (χ0v) is 18.3. The Bertz CT molecular complexity index is 1160. The van der Waals surface area contributed by atoms with Crippen LogP contribution in [0.5, 0.6) is 5.75 Å². The van der Waals surface area contributed by atoms with Crippen molar-refractivity contribution in [3.05, 3.63) is 27.8 Å². The predicted molar refractivity (Wildman–Crippen MR) is 118 cm³/mol. The molecule has 1 aromatic heterocycles. The van der Waals surface area contributed by atoms with Crippen LogP contribution in [0.3, 0.4) is 0 Å². The van der Waals surface area contributed by atoms with Crippen molar-refractivity contribution >= 4 is 40.7 Å². The number of hydrogen-bond acceptors (Lipinski definition) is 6. The highest BCUT2D eigenvalue weighted by atomic mass is 35.5. The van der Waals surface area contributed by atoms with Gasteiger partial charge in [-0.05, 0) is 38.1 Å². The minimum atomic E-state index is -3.27. The molecule has 1 aliphatic carbocycles. The lowest BCUT2D eigenvalue weighted by molar-refractivity contribution is -0.0488. The largest absolute Gasteiger partial charge is 0.477 e. The molecule has 0 bridgehead atoms. The first-order valence-corrected chi connectivity index (χ1v) is 10.6. The van der Waals surface area contributed by atoms with Crippen molar-refractivity contribution in [2.45, 2.75) is 44.4 Å². The van der Waals surface area contributed by atoms with E-state index in [-0.39, 0.29) is 41.6 Å². The highest BCUT2D eigenvalue weighted by molar-refractivity contribution is 6.03. The molecule has 2 aliphatic heterocycles. The van der Waals surface area contributed by atoms with Gasteiger partial charge in [0, 0.05) is 31.4 Å². The summed E-state index contributed by atoms with van der Waals surface area (Å²) in [5.74, 6) is -2.80. The molecule has 180 valence electrons. The van der Waals surface area contributed by atoms with Gasteiger partial charge in [0.2, 0.25) is 5.43 Å². The average Bonchev–Trinajstić information content (AvgIpc) is 3.49. The third-order valence-electron chi connectivity index (χ3n) is 6.67. The summed E-state index contributed by atoms with van der Waals surface area (Å²) >= 11 is 0. The second-order valence-electron chi connectivity index (χ2n) is 8.69. The second kappa shape index (κ2) is 8.60. The molecule has 2 saturated heterocycles. The molecular formula is C21H24ClF3N4O4. The molecule has 3 heterocycles. The zero-order valence-electron chi connectivity index (χ0n) is 17.5. The molecule has 12 heteroatoms. The van der Waals surface area contributed by atoms with Gasteiger partial charge in [0.1, 0.15) is 11.3 Å². The van der Waals surface area contributed by atoms with Crippen molar-refractivity contribution in [2.24, 2.45) is 5.92 Å². The molecule has 2 atom stereocenters. The Morgan fingerprint density at radius 2 is 2.00 bits per heavy atom. The number of piperidine rings is 1. The van der Waals surface area contributed by atoms with E-state index in [1.54, 1.807) is 4.90 Å². The van der Waals surface area contributed by atoms with E-state index in [4.69, 9.17) is 10.5 Å². The molecule has 1 saturated carbocycles. The van der Waals surface area contributed by atoms with Crippen LogP contribution in [0, 0.1) is 11.7 Å². The van der Waals surface area contributed by atoms with Crippen LogP contribution in [0.2, 0.25) is 0 Å². The average molecular weight is 489 g/mol. The number of carboxylic acid groups (broad SMARTS) is 1. The van der Waals surface area contributed by atoms with Gasteiger partial charge in [0.05, 0.1) is 16.6 Å². The Morgan fingerprint density at radius 1 is 1.27 bits per heavy atom. The molecule has 8 nitrogen and oxygen atoms in total. The van der Waals surface area contributed by atoms with Crippen molar-refractivity contribution in [2.75, 3.05) is 30.3 Å². The standard InChI is InChI=1S/C21H23F3N4O4.ClH/c22-14-15(25)13-16(28(10-3-4-10)7-11(18(13)29)20(30)31)19(32-21(23)24)17(14)27-6-9-2-1-5-26-12(9)8-27;/h7,9-10,12,21,26H,1-6,8,25H2,(H,30,31);1H/t9-,12+;/m0./s1. The number of nitrogens with zero attached hydrogens (tertiary/aromatic N) is 2. The number of ether oxygens (including phenoxy) is 1. The van der Waals surface area contributed by atoms with E-state index in [1.807, 2.05) is 0 Å². The van der Waals surface area contributed by atoms with Gasteiger partial charge in [-0.1, -0.05) is 0 Å². The van der Waals surface area contributed by atoms with E-state index >= 15 is 4.39 Å². The third kappa shape index (κ3) is 3.86. The first-order valence-electron chi connectivity index (χ1n) is 10.6. The van der Waals surface area contributed by atoms with Crippen LogP contribution in [0.4, 0.5) is 24.5 Å². The number of aromatic carboxylic acids is 1. The summed E-state index contributed by atoms with van der Waals surface area (Å²) in [5, 5.41) is 12.4. The van der Waals surface area contributed by atoms with E-state index in [1.165, 1.54) is 4.57 Å². The van der Waals surface area contributed by atoms with Gasteiger partial charge in [-0.25, -0.2) is 9.18 Å². The van der Waals surface area contributed by atoms with Crippen LogP contribution in [0.1, 0.15) is 42.1 Å². The predicted octanol–water partition coefficient (Wildman–Crippen LogP) is 2.97. The molecule has 0 spiro atoms. The van der Waals surface area contributed by atoms with Crippen LogP contribution in [-0.2, 0) is 0 Å². The summed E-state index contributed by atoms with van der Waals surface area (Å²) in [6.07, 6.45) is 4.34. The van der Waals surface area contributed by atoms with E-state index in [2.05, 4.69) is 5.32 Å². The molecule has 1 aromatic carbocycles. The number of rotatable bonds is 5. The van der Waals surface area contributed by atoms with Crippen LogP contribution in [0.15, 0.2) is 11.0 Å². The number of nitrogen functional groups attached to an aromatic ring is 1. The molecule has 3 aliphatic rings. The maximum absolute atomic E-state index is 15.6. The van der Waals surface area contributed by atoms with E-state index in [0.717, 1.165) is 25.6 Å². The van der Waals surface area contributed by atoms with Gasteiger partial charge in [-0.15, -0.1) is 12.4 Å². The smallest absolute Gasteiger partial charge is 0.387 e. The third-order valence-corrected chi connectivity index (χ3v) is 6.67. The number of halogens is 4. The summed E-state index contributed by atoms with van der Waals surface area (Å²) in [6.45, 7) is -1.63. The van der Waals surface area contributed by atoms with E-state index in [9.17, 15) is 23.5 Å². The number of nitrogens with two attached hydrogens (primary N) is 1. The molecule has 3 fully saturated rings. The summed E-state index contributed by atoms with van der Waals surface area (Å²) < 4.78 is 48.9. The maximum atomic E-state index is 15.6. The van der Waals surface area contributed by atoms with Crippen LogP contribution < -0.4 is 26.1 Å². The fraction of sp³-hybridized carbons (Fsp3) is 0.524.